The van der Waals surface area contributed by atoms with Gasteiger partial charge in [0, 0.05) is 0 Å². The molecule has 47 heavy (non-hydrogen) atoms. The van der Waals surface area contributed by atoms with Crippen molar-refractivity contribution < 1.29 is 623 Å². The molecule has 0 aliphatic carbocycles. The van der Waals surface area contributed by atoms with Gasteiger partial charge in [-0.15, -0.1) is 0 Å². The number of carbonyl (C=O) groups is 5. The zero-order valence-electron chi connectivity index (χ0n) is 63.0. The molecule has 0 aliphatic heterocycles. The number of carboxylic acid groups (broad SMARTS) is 10. The van der Waals surface area contributed by atoms with Gasteiger partial charge in [0.2, 0.25) is 0 Å². The van der Waals surface area contributed by atoms with E-state index in [-0.39, 0.29) is 548 Å². The minimum absolute atomic E-state index is 0. The summed E-state index contributed by atoms with van der Waals surface area (Å²) >= 11 is 0. The Morgan fingerprint density at radius 2 is 0.170 bits per heavy atom. The van der Waals surface area contributed by atoms with Crippen molar-refractivity contribution in [3.63, 3.8) is 0 Å². The van der Waals surface area contributed by atoms with Gasteiger partial charge in [-0.05, 0) is 0 Å². The second kappa shape index (κ2) is 256. The van der Waals surface area contributed by atoms with Crippen LogP contribution in [0.5, 0.6) is 0 Å². The van der Waals surface area contributed by atoms with Gasteiger partial charge in [0.15, 0.2) is 0 Å². The first kappa shape index (κ1) is 269. The van der Waals surface area contributed by atoms with Gasteiger partial charge in [-0.2, -0.15) is 0 Å². The zero-order valence-corrected chi connectivity index (χ0v) is 36.0. The molecule has 0 unspecified atom stereocenters. The van der Waals surface area contributed by atoms with E-state index in [1.165, 1.54) is 0 Å². The predicted octanol–water partition coefficient (Wildman–Crippen LogP) is -76.7. The first-order valence-corrected chi connectivity index (χ1v) is 3.26. The monoisotopic (exact) mass is 527 g/mol. The maximum atomic E-state index is 8.56. The maximum Gasteiger partial charge on any atom is 1.00 e. The molecule has 42 heteroatoms. The van der Waals surface area contributed by atoms with E-state index in [0.717, 1.165) is 0 Å². The molecule has 0 radical (unpaired) electrons. The second-order valence-corrected chi connectivity index (χ2v) is 1.41. The molecular weight excluding hydrogens is 487 g/mol. The van der Waals surface area contributed by atoms with Crippen molar-refractivity contribution in [2.24, 2.45) is 0 Å². The zero-order chi connectivity index (χ0) is 17.9. The van der Waals surface area contributed by atoms with E-state index < -0.39 is 30.8 Å². The Morgan fingerprint density at radius 1 is 0.170 bits per heavy atom. The maximum absolute atomic E-state index is 8.56. The Kier molecular flexibility index (Phi) is 1470. The van der Waals surface area contributed by atoms with Crippen LogP contribution < -0.4 is 509 Å². The first-order valence-electron chi connectivity index (χ1n) is 3.26. The van der Waals surface area contributed by atoms with Gasteiger partial charge < -0.3 is 89.6 Å². The fraction of sp³-hybridized carbons (Fsp3) is 0. The standard InChI is InChI=1S/5CH2O3.27Li.27H/c5*2-1(3)4;;;;;;;;;;;;;;;;;;;;;;;;;;;;;;;;;;;;;;;;;;;;;;;;;;;;;;/h5*(H2,2,3,4);;;;;;;;;;;;;;;;;;;;;;;;;;;;;;;;;;;;;;;;;;;;;;;;;;;;;;/q;;;;;27*+1;27*-1. The van der Waals surface area contributed by atoms with Crippen LogP contribution in [0.2, 0.25) is 0 Å². The number of hydrogen-bond donors (Lipinski definition) is 10. The van der Waals surface area contributed by atoms with Crippen molar-refractivity contribution in [1.82, 2.24) is 0 Å². The molecule has 0 aliphatic rings. The van der Waals surface area contributed by atoms with Gasteiger partial charge in [0.25, 0.3) is 0 Å². The molecule has 0 rings (SSSR count). The summed E-state index contributed by atoms with van der Waals surface area (Å²) in [6.07, 6.45) is -9.17. The topological polar surface area (TPSA) is 288 Å². The van der Waals surface area contributed by atoms with Gasteiger partial charge in [-0.1, -0.05) is 0 Å². The van der Waals surface area contributed by atoms with Crippen LogP contribution in [0, 0.1) is 0 Å². The minimum atomic E-state index is -1.83. The summed E-state index contributed by atoms with van der Waals surface area (Å²) in [5.41, 5.74) is 0. The summed E-state index contributed by atoms with van der Waals surface area (Å²) in [5.74, 6) is 0. The van der Waals surface area contributed by atoms with Crippen LogP contribution in [0.25, 0.3) is 0 Å². The molecule has 0 aromatic carbocycles. The van der Waals surface area contributed by atoms with Crippen LogP contribution in [0.15, 0.2) is 0 Å². The largest absolute Gasteiger partial charge is 1.00 e. The van der Waals surface area contributed by atoms with Crippen LogP contribution in [0.1, 0.15) is 38.5 Å². The summed E-state index contributed by atoms with van der Waals surface area (Å²) < 4.78 is 0. The molecule has 15 nitrogen and oxygen atoms in total. The van der Waals surface area contributed by atoms with Crippen molar-refractivity contribution in [3.05, 3.63) is 0 Å². The summed E-state index contributed by atoms with van der Waals surface area (Å²) in [6.45, 7) is 0. The third kappa shape index (κ3) is 1200. The Balaban J connectivity index is -0.000000000564. The molecule has 0 heterocycles. The summed E-state index contributed by atoms with van der Waals surface area (Å²) in [5, 5.41) is 69.7. The number of hydrogen-bond acceptors (Lipinski definition) is 5. The van der Waals surface area contributed by atoms with Crippen LogP contribution in [0.3, 0.4) is 0 Å². The van der Waals surface area contributed by atoms with Crippen molar-refractivity contribution in [2.45, 2.75) is 0 Å². The van der Waals surface area contributed by atoms with Crippen LogP contribution in [0.4, 0.5) is 24.0 Å². The molecule has 0 atom stereocenters. The van der Waals surface area contributed by atoms with E-state index in [1.54, 1.807) is 0 Å². The molecule has 0 saturated carbocycles. The van der Waals surface area contributed by atoms with Crippen LogP contribution >= 0.6 is 0 Å². The molecule has 0 bridgehead atoms. The first-order chi connectivity index (χ1) is 8.66. The SMILES string of the molecule is O=C(O)O.O=C(O)O.O=C(O)O.O=C(O)O.O=C(O)O.[H-].[H-].[H-].[H-].[H-].[H-].[H-].[H-].[H-].[H-].[H-].[H-].[H-].[H-].[H-].[H-].[H-].[H-].[H-].[H-].[H-].[H-].[H-].[H-].[H-].[H-].[H-].[Li+].[Li+].[Li+].[Li+].[Li+].[Li+].[Li+].[Li+].[Li+].[Li+].[Li+].[Li+].[Li+].[Li+].[Li+].[Li+].[Li+].[Li+].[Li+].[Li+].[Li+].[Li+].[Li+].[Li+].[Li+].[Li+].[Li+]. The fourth-order valence-electron chi connectivity index (χ4n) is 0. The van der Waals surface area contributed by atoms with E-state index in [9.17, 15) is 0 Å². The molecule has 0 aromatic heterocycles. The third-order valence-electron chi connectivity index (χ3n) is 0. The van der Waals surface area contributed by atoms with Crippen LogP contribution in [-0.4, -0.2) is 81.8 Å². The third-order valence-corrected chi connectivity index (χ3v) is 0. The molecule has 0 fully saturated rings. The van der Waals surface area contributed by atoms with E-state index in [4.69, 9.17) is 75.0 Å². The quantitative estimate of drug-likeness (QED) is 0.132. The van der Waals surface area contributed by atoms with Crippen molar-refractivity contribution in [1.29, 1.82) is 0 Å². The van der Waals surface area contributed by atoms with Gasteiger partial charge in [0.1, 0.15) is 0 Å². The molecular formula is C5H37Li27O15. The average molecular weight is 525 g/mol. The van der Waals surface area contributed by atoms with E-state index in [1.807, 2.05) is 0 Å². The van der Waals surface area contributed by atoms with Crippen LogP contribution in [-0.2, 0) is 0 Å². The smallest absolute Gasteiger partial charge is 1.00 e. The molecule has 0 amide bonds. The van der Waals surface area contributed by atoms with Crippen molar-refractivity contribution in [3.8, 4) is 0 Å². The molecule has 0 aromatic rings. The minimum Gasteiger partial charge on any atom is -1.00 e. The number of rotatable bonds is 0. The van der Waals surface area contributed by atoms with Crippen molar-refractivity contribution in [2.75, 3.05) is 0 Å². The molecule has 0 saturated heterocycles. The van der Waals surface area contributed by atoms with Gasteiger partial charge in [-0.3, -0.25) is 0 Å². The van der Waals surface area contributed by atoms with E-state index in [0.29, 0.717) is 0 Å². The van der Waals surface area contributed by atoms with Gasteiger partial charge >= 0.3 is 540 Å². The van der Waals surface area contributed by atoms with E-state index >= 15 is 0 Å². The van der Waals surface area contributed by atoms with Gasteiger partial charge in [-0.25, -0.2) is 24.0 Å². The Morgan fingerprint density at radius 3 is 0.170 bits per heavy atom. The average Bonchev–Trinajstić information content (AvgIpc) is 1.94. The molecule has 0 spiro atoms. The Hall–Kier alpha value is 12.5. The van der Waals surface area contributed by atoms with E-state index in [2.05, 4.69) is 0 Å². The predicted molar refractivity (Wildman–Crippen MR) is 83.3 cm³/mol. The van der Waals surface area contributed by atoms with Gasteiger partial charge in [0.05, 0.1) is 0 Å². The fourth-order valence-corrected chi connectivity index (χ4v) is 0. The second-order valence-electron chi connectivity index (χ2n) is 1.41. The van der Waals surface area contributed by atoms with Crippen molar-refractivity contribution >= 4 is 30.8 Å². The Bertz CT molecular complexity index is 317. The normalized spacial score (nSPS) is 2.55. The summed E-state index contributed by atoms with van der Waals surface area (Å²) in [4.78, 5) is 42.8. The molecule has 10 N–H and O–H groups in total. The summed E-state index contributed by atoms with van der Waals surface area (Å²) in [6, 6.07) is 0. The summed E-state index contributed by atoms with van der Waals surface area (Å²) in [7, 11) is 0. The molecule has 174 valence electrons. The Labute approximate surface area is 641 Å².